The average Bonchev–Trinajstić information content (AvgIpc) is 2.47. The fourth-order valence-electron chi connectivity index (χ4n) is 2.38. The fourth-order valence-corrected chi connectivity index (χ4v) is 4.89. The van der Waals surface area contributed by atoms with Crippen molar-refractivity contribution < 1.29 is 17.9 Å². The minimum absolute atomic E-state index is 0.0674. The summed E-state index contributed by atoms with van der Waals surface area (Å²) in [5.41, 5.74) is 0. The molecule has 9 heteroatoms. The van der Waals surface area contributed by atoms with Gasteiger partial charge in [-0.25, -0.2) is 8.42 Å². The van der Waals surface area contributed by atoms with Crippen LogP contribution in [0.25, 0.3) is 0 Å². The van der Waals surface area contributed by atoms with Crippen LogP contribution in [0.3, 0.4) is 0 Å². The Balaban J connectivity index is 2.06. The molecule has 0 N–H and O–H groups in total. The van der Waals surface area contributed by atoms with Crippen LogP contribution in [0.2, 0.25) is 10.0 Å². The van der Waals surface area contributed by atoms with Gasteiger partial charge in [0.15, 0.2) is 0 Å². The lowest BCUT2D eigenvalue weighted by Gasteiger charge is -2.33. The number of carbonyl (C=O) groups excluding carboxylic acids is 1. The summed E-state index contributed by atoms with van der Waals surface area (Å²) in [5, 5.41) is 0.206. The third kappa shape index (κ3) is 4.36. The number of halogens is 2. The first kappa shape index (κ1) is 18.5. The molecule has 2 rings (SSSR count). The van der Waals surface area contributed by atoms with Crippen molar-refractivity contribution in [2.45, 2.75) is 11.8 Å². The minimum atomic E-state index is -3.76. The minimum Gasteiger partial charge on any atom is -0.465 e. The molecule has 128 valence electrons. The molecular formula is C14H18Cl2N2O4S. The molecule has 1 aromatic rings. The third-order valence-electron chi connectivity index (χ3n) is 3.51. The molecule has 1 fully saturated rings. The van der Waals surface area contributed by atoms with E-state index >= 15 is 0 Å². The van der Waals surface area contributed by atoms with Crippen LogP contribution in [0.5, 0.6) is 0 Å². The molecule has 0 saturated carbocycles. The zero-order chi connectivity index (χ0) is 17.0. The Morgan fingerprint density at radius 3 is 2.26 bits per heavy atom. The van der Waals surface area contributed by atoms with Gasteiger partial charge < -0.3 is 4.74 Å². The van der Waals surface area contributed by atoms with E-state index in [1.807, 2.05) is 4.90 Å². The highest BCUT2D eigenvalue weighted by Gasteiger charge is 2.32. The number of ether oxygens (including phenoxy) is 1. The molecule has 1 saturated heterocycles. The van der Waals surface area contributed by atoms with Gasteiger partial charge in [-0.05, 0) is 19.1 Å². The summed E-state index contributed by atoms with van der Waals surface area (Å²) >= 11 is 12.0. The van der Waals surface area contributed by atoms with Gasteiger partial charge in [0.1, 0.15) is 4.90 Å². The first-order valence-corrected chi connectivity index (χ1v) is 9.38. The highest BCUT2D eigenvalue weighted by atomic mass is 35.5. The Hall–Kier alpha value is -0.860. The van der Waals surface area contributed by atoms with Crippen molar-refractivity contribution in [2.75, 3.05) is 39.3 Å². The largest absolute Gasteiger partial charge is 0.465 e. The van der Waals surface area contributed by atoms with E-state index in [1.165, 1.54) is 16.4 Å². The molecule has 0 atom stereocenters. The lowest BCUT2D eigenvalue weighted by molar-refractivity contribution is -0.144. The normalized spacial score (nSPS) is 17.2. The quantitative estimate of drug-likeness (QED) is 0.729. The van der Waals surface area contributed by atoms with Crippen LogP contribution in [0.4, 0.5) is 0 Å². The topological polar surface area (TPSA) is 66.9 Å². The maximum Gasteiger partial charge on any atom is 0.320 e. The van der Waals surface area contributed by atoms with E-state index in [-0.39, 0.29) is 40.5 Å². The van der Waals surface area contributed by atoms with Crippen molar-refractivity contribution in [1.29, 1.82) is 0 Å². The van der Waals surface area contributed by atoms with Gasteiger partial charge >= 0.3 is 5.97 Å². The molecule has 0 amide bonds. The second-order valence-electron chi connectivity index (χ2n) is 5.04. The van der Waals surface area contributed by atoms with Crippen LogP contribution in [0.15, 0.2) is 23.1 Å². The van der Waals surface area contributed by atoms with E-state index in [4.69, 9.17) is 27.9 Å². The molecular weight excluding hydrogens is 363 g/mol. The highest BCUT2D eigenvalue weighted by molar-refractivity contribution is 7.89. The number of esters is 1. The molecule has 6 nitrogen and oxygen atoms in total. The van der Waals surface area contributed by atoms with Gasteiger partial charge in [0, 0.05) is 26.2 Å². The van der Waals surface area contributed by atoms with Crippen LogP contribution in [0, 0.1) is 0 Å². The van der Waals surface area contributed by atoms with Crippen molar-refractivity contribution in [3.63, 3.8) is 0 Å². The standard InChI is InChI=1S/C14H18Cl2N2O4S/c1-2-22-13(19)10-17-6-8-18(9-7-17)23(20,21)14-11(15)4-3-5-12(14)16/h3-5H,2,6-10H2,1H3. The summed E-state index contributed by atoms with van der Waals surface area (Å²) in [6.07, 6.45) is 0. The predicted octanol–water partition coefficient (Wildman–Crippen LogP) is 1.86. The Labute approximate surface area is 146 Å². The SMILES string of the molecule is CCOC(=O)CN1CCN(S(=O)(=O)c2c(Cl)cccc2Cl)CC1. The lowest BCUT2D eigenvalue weighted by Crippen LogP contribution is -2.50. The highest BCUT2D eigenvalue weighted by Crippen LogP contribution is 2.31. The Bertz CT molecular complexity index is 653. The van der Waals surface area contributed by atoms with Crippen molar-refractivity contribution in [3.8, 4) is 0 Å². The van der Waals surface area contributed by atoms with Crippen LogP contribution in [0.1, 0.15) is 6.92 Å². The molecule has 1 heterocycles. The number of hydrogen-bond acceptors (Lipinski definition) is 5. The number of benzene rings is 1. The number of hydrogen-bond donors (Lipinski definition) is 0. The van der Waals surface area contributed by atoms with E-state index in [1.54, 1.807) is 13.0 Å². The summed E-state index contributed by atoms with van der Waals surface area (Å²) in [6, 6.07) is 4.59. The van der Waals surface area contributed by atoms with Gasteiger partial charge in [-0.15, -0.1) is 0 Å². The van der Waals surface area contributed by atoms with E-state index in [0.717, 1.165) is 0 Å². The molecule has 0 radical (unpaired) electrons. The van der Waals surface area contributed by atoms with Gasteiger partial charge in [-0.1, -0.05) is 29.3 Å². The van der Waals surface area contributed by atoms with Gasteiger partial charge in [0.25, 0.3) is 0 Å². The predicted molar refractivity (Wildman–Crippen MR) is 88.3 cm³/mol. The van der Waals surface area contributed by atoms with E-state index in [0.29, 0.717) is 19.7 Å². The summed E-state index contributed by atoms with van der Waals surface area (Å²) < 4.78 is 31.6. The van der Waals surface area contributed by atoms with Crippen molar-refractivity contribution in [2.24, 2.45) is 0 Å². The van der Waals surface area contributed by atoms with E-state index in [9.17, 15) is 13.2 Å². The molecule has 0 aliphatic carbocycles. The van der Waals surface area contributed by atoms with Crippen LogP contribution >= 0.6 is 23.2 Å². The first-order chi connectivity index (χ1) is 10.9. The Kier molecular flexibility index (Phi) is 6.27. The summed E-state index contributed by atoms with van der Waals surface area (Å²) in [6.45, 7) is 3.66. The summed E-state index contributed by atoms with van der Waals surface area (Å²) in [7, 11) is -3.76. The molecule has 0 unspecified atom stereocenters. The second-order valence-corrected chi connectivity index (χ2v) is 7.73. The zero-order valence-electron chi connectivity index (χ0n) is 12.7. The van der Waals surface area contributed by atoms with Gasteiger partial charge in [0.2, 0.25) is 10.0 Å². The van der Waals surface area contributed by atoms with Gasteiger partial charge in [-0.2, -0.15) is 4.31 Å². The summed E-state index contributed by atoms with van der Waals surface area (Å²) in [5.74, 6) is -0.307. The van der Waals surface area contributed by atoms with E-state index < -0.39 is 10.0 Å². The number of nitrogens with zero attached hydrogens (tertiary/aromatic N) is 2. The number of piperazine rings is 1. The number of sulfonamides is 1. The lowest BCUT2D eigenvalue weighted by atomic mass is 10.3. The Morgan fingerprint density at radius 2 is 1.74 bits per heavy atom. The van der Waals surface area contributed by atoms with Gasteiger partial charge in [0.05, 0.1) is 23.2 Å². The van der Waals surface area contributed by atoms with E-state index in [2.05, 4.69) is 0 Å². The second kappa shape index (κ2) is 7.81. The monoisotopic (exact) mass is 380 g/mol. The molecule has 1 aliphatic heterocycles. The first-order valence-electron chi connectivity index (χ1n) is 7.18. The maximum atomic E-state index is 12.7. The van der Waals surface area contributed by atoms with Crippen molar-refractivity contribution in [3.05, 3.63) is 28.2 Å². The third-order valence-corrected chi connectivity index (χ3v) is 6.36. The Morgan fingerprint density at radius 1 is 1.17 bits per heavy atom. The maximum absolute atomic E-state index is 12.7. The average molecular weight is 381 g/mol. The van der Waals surface area contributed by atoms with Gasteiger partial charge in [-0.3, -0.25) is 9.69 Å². The van der Waals surface area contributed by atoms with Crippen LogP contribution in [-0.4, -0.2) is 62.9 Å². The zero-order valence-corrected chi connectivity index (χ0v) is 15.0. The molecule has 0 bridgehead atoms. The number of rotatable bonds is 5. The molecule has 1 aliphatic rings. The van der Waals surface area contributed by atoms with Crippen molar-refractivity contribution in [1.82, 2.24) is 9.21 Å². The number of carbonyl (C=O) groups is 1. The fraction of sp³-hybridized carbons (Fsp3) is 0.500. The molecule has 0 aromatic heterocycles. The molecule has 0 spiro atoms. The smallest absolute Gasteiger partial charge is 0.320 e. The molecule has 23 heavy (non-hydrogen) atoms. The summed E-state index contributed by atoms with van der Waals surface area (Å²) in [4.78, 5) is 13.3. The van der Waals surface area contributed by atoms with Crippen molar-refractivity contribution >= 4 is 39.2 Å². The molecule has 1 aromatic carbocycles. The van der Waals surface area contributed by atoms with Crippen LogP contribution in [-0.2, 0) is 19.6 Å². The van der Waals surface area contributed by atoms with Crippen LogP contribution < -0.4 is 0 Å².